The zero-order chi connectivity index (χ0) is 64.8. The lowest BCUT2D eigenvalue weighted by Gasteiger charge is -2.16. The first-order chi connectivity index (χ1) is 42.3. The molecule has 5 heterocycles. The average Bonchev–Trinajstić information content (AvgIpc) is 1.76. The van der Waals surface area contributed by atoms with Crippen LogP contribution in [0.3, 0.4) is 0 Å². The van der Waals surface area contributed by atoms with E-state index >= 15 is 70.2 Å². The fourth-order valence-electron chi connectivity index (χ4n) is 9.59. The van der Waals surface area contributed by atoms with Gasteiger partial charge < -0.3 is 72.1 Å². The first-order valence-corrected chi connectivity index (χ1v) is 26.0. The third-order valence-electron chi connectivity index (χ3n) is 14.0. The van der Waals surface area contributed by atoms with Crippen LogP contribution in [0.4, 0.5) is 93.0 Å². The molecule has 0 amide bonds. The van der Waals surface area contributed by atoms with E-state index in [-0.39, 0.29) is 0 Å². The van der Waals surface area contributed by atoms with Crippen molar-refractivity contribution in [3.63, 3.8) is 0 Å². The second-order valence-corrected chi connectivity index (χ2v) is 19.7. The van der Waals surface area contributed by atoms with E-state index in [2.05, 4.69) is 19.9 Å². The van der Waals surface area contributed by atoms with Gasteiger partial charge in [0.05, 0.1) is 95.9 Å². The lowest BCUT2D eigenvalue weighted by atomic mass is 10.0. The number of H-pyrrole nitrogens is 2. The highest BCUT2D eigenvalue weighted by Gasteiger charge is 2.36. The van der Waals surface area contributed by atoms with Crippen molar-refractivity contribution in [3.8, 4) is 44.5 Å². The largest absolute Gasteiger partial charge is 0.394 e. The third kappa shape index (κ3) is 11.8. The molecule has 4 atom stereocenters. The van der Waals surface area contributed by atoms with Crippen LogP contribution in [-0.4, -0.2) is 138 Å². The number of nitrogens with one attached hydrogen (secondary N) is 6. The number of aliphatic hydroxyl groups excluding tert-OH is 8. The van der Waals surface area contributed by atoms with Crippen LogP contribution in [-0.2, 0) is 0 Å². The molecular formula is C57H44F16N8O8. The summed E-state index contributed by atoms with van der Waals surface area (Å²) in [6, 6.07) is 2.93. The smallest absolute Gasteiger partial charge is 0.185 e. The predicted molar refractivity (Wildman–Crippen MR) is 291 cm³/mol. The lowest BCUT2D eigenvalue weighted by Crippen LogP contribution is -2.24. The quantitative estimate of drug-likeness (QED) is 0.0237. The maximum absolute atomic E-state index is 16.9. The number of benzene rings is 4. The van der Waals surface area contributed by atoms with E-state index < -0.39 is 289 Å². The molecule has 2 aliphatic rings. The molecule has 0 saturated heterocycles. The molecule has 0 aliphatic carbocycles. The van der Waals surface area contributed by atoms with Crippen molar-refractivity contribution in [2.45, 2.75) is 30.8 Å². The summed E-state index contributed by atoms with van der Waals surface area (Å²) in [5.74, 6) is -36.3. The van der Waals surface area contributed by atoms with E-state index in [0.717, 1.165) is 24.3 Å². The van der Waals surface area contributed by atoms with Crippen LogP contribution in [0.2, 0.25) is 0 Å². The maximum atomic E-state index is 16.9. The lowest BCUT2D eigenvalue weighted by molar-refractivity contribution is 0.0910. The van der Waals surface area contributed by atoms with Crippen molar-refractivity contribution in [2.24, 2.45) is 0 Å². The Balaban J connectivity index is 1.50. The van der Waals surface area contributed by atoms with Gasteiger partial charge in [-0.1, -0.05) is 0 Å². The van der Waals surface area contributed by atoms with Crippen molar-refractivity contribution in [3.05, 3.63) is 140 Å². The number of halogens is 16. The summed E-state index contributed by atoms with van der Waals surface area (Å²) in [5, 5.41) is 84.1. The molecule has 89 heavy (non-hydrogen) atoms. The first-order valence-electron chi connectivity index (χ1n) is 26.0. The highest BCUT2D eigenvalue weighted by Crippen LogP contribution is 2.46. The summed E-state index contributed by atoms with van der Waals surface area (Å²) in [6.07, 6.45) is -4.49. The number of anilines is 4. The van der Waals surface area contributed by atoms with Gasteiger partial charge in [0.2, 0.25) is 0 Å². The van der Waals surface area contributed by atoms with Gasteiger partial charge in [0.25, 0.3) is 0 Å². The molecule has 472 valence electrons. The van der Waals surface area contributed by atoms with Gasteiger partial charge in [0.15, 0.2) is 93.1 Å². The molecule has 32 heteroatoms. The SMILES string of the molecule is OC[C@@H](O)CCNc1c(F)c(F)c(-c2c3nc(c(-c4c(F)c(F)c(NC[C@H](O)CO)c(F)c4F)c4ccc([nH]4)c(-c4c(F)c(F)c(NC[C@H](O)CO)c(F)c4F)c4nc(c(-c5c(F)c(F)c(NC[C@H](O)CO)c(F)c5F)c5ccc2[nH]5)C=C4)C=C3)c(F)c1F. The van der Waals surface area contributed by atoms with Crippen molar-refractivity contribution in [1.82, 2.24) is 19.9 Å². The number of aliphatic hydroxyl groups is 8. The molecule has 14 N–H and O–H groups in total. The Morgan fingerprint density at radius 2 is 0.517 bits per heavy atom. The molecule has 3 aromatic heterocycles. The second kappa shape index (κ2) is 26.1. The number of fused-ring (bicyclic) bond motifs is 8. The standard InChI is InChI=1S/C57H44F16N8O8/c58-38-34(39(59)47(67)54(46(38)66)74-10-9-18(86)14-82)30-22-1-3-24(78-22)31(35-40(60)48(68)55(49(69)41(35)61)75-11-19(87)15-83)26-5-7-28(80-26)33(37-44(64)52(72)57(53(73)45(37)65)77-13-21(89)17-85)29-8-6-27(81-29)32(25-4-2-23(30)79-25)36-42(62)50(70)56(51(71)43(36)63)76-12-20(88)16-84/h1-8,18-21,74-78,81-89H,9-17H2/t18-,19-,20-,21-/m0/s1. The van der Waals surface area contributed by atoms with E-state index in [4.69, 9.17) is 0 Å². The number of hydrogen-bond acceptors (Lipinski definition) is 14. The van der Waals surface area contributed by atoms with Gasteiger partial charge in [0.1, 0.15) is 22.7 Å². The van der Waals surface area contributed by atoms with Gasteiger partial charge in [-0.3, -0.25) is 0 Å². The van der Waals surface area contributed by atoms with Crippen molar-refractivity contribution in [1.29, 1.82) is 0 Å². The Bertz CT molecular complexity index is 4030. The summed E-state index contributed by atoms with van der Waals surface area (Å²) in [7, 11) is 0. The first kappa shape index (κ1) is 64.7. The Hall–Kier alpha value is -8.76. The number of rotatable bonds is 21. The number of aromatic nitrogens is 4. The highest BCUT2D eigenvalue weighted by atomic mass is 19.2. The van der Waals surface area contributed by atoms with Crippen LogP contribution in [0.25, 0.3) is 90.9 Å². The van der Waals surface area contributed by atoms with Gasteiger partial charge in [-0.25, -0.2) is 80.2 Å². The molecule has 2 aliphatic heterocycles. The fourth-order valence-corrected chi connectivity index (χ4v) is 9.59. The molecule has 0 unspecified atom stereocenters. The van der Waals surface area contributed by atoms with Crippen molar-refractivity contribution >= 4 is 69.1 Å². The zero-order valence-corrected chi connectivity index (χ0v) is 44.8. The number of nitrogens with zero attached hydrogens (tertiary/aromatic N) is 2. The normalized spacial score (nSPS) is 13.5. The molecule has 0 spiro atoms. The summed E-state index contributed by atoms with van der Waals surface area (Å²) in [5.41, 5.74) is -25.1. The van der Waals surface area contributed by atoms with Crippen molar-refractivity contribution in [2.75, 3.05) is 73.9 Å². The zero-order valence-electron chi connectivity index (χ0n) is 44.8. The topological polar surface area (TPSA) is 267 Å². The molecule has 7 aromatic rings. The van der Waals surface area contributed by atoms with Crippen LogP contribution in [0.5, 0.6) is 0 Å². The summed E-state index contributed by atoms with van der Waals surface area (Å²) in [6.45, 7) is -7.40. The van der Waals surface area contributed by atoms with Gasteiger partial charge in [-0.2, -0.15) is 0 Å². The van der Waals surface area contributed by atoms with Crippen LogP contribution in [0, 0.1) is 93.1 Å². The molecule has 0 saturated carbocycles. The number of hydrogen-bond donors (Lipinski definition) is 14. The van der Waals surface area contributed by atoms with Gasteiger partial charge in [-0.15, -0.1) is 0 Å². The minimum atomic E-state index is -2.31. The second-order valence-electron chi connectivity index (χ2n) is 19.7. The van der Waals surface area contributed by atoms with E-state index in [9.17, 15) is 40.9 Å². The minimum absolute atomic E-state index is 0.459. The van der Waals surface area contributed by atoms with E-state index in [1.807, 2.05) is 21.3 Å². The monoisotopic (exact) mass is 1270 g/mol. The van der Waals surface area contributed by atoms with Crippen LogP contribution < -0.4 is 21.3 Å². The molecule has 4 aromatic carbocycles. The molecule has 0 fully saturated rings. The molecule has 9 rings (SSSR count). The third-order valence-corrected chi connectivity index (χ3v) is 14.0. The number of aromatic amines is 2. The van der Waals surface area contributed by atoms with Crippen LogP contribution >= 0.6 is 0 Å². The fraction of sp³-hybridized carbons (Fsp3) is 0.228. The van der Waals surface area contributed by atoms with Gasteiger partial charge in [0, 0.05) is 70.5 Å². The maximum Gasteiger partial charge on any atom is 0.185 e. The Morgan fingerprint density at radius 3 is 0.730 bits per heavy atom. The molecule has 16 nitrogen and oxygen atoms in total. The Morgan fingerprint density at radius 1 is 0.303 bits per heavy atom. The summed E-state index contributed by atoms with van der Waals surface area (Å²) in [4.78, 5) is 13.2. The van der Waals surface area contributed by atoms with E-state index in [1.165, 1.54) is 0 Å². The van der Waals surface area contributed by atoms with Crippen molar-refractivity contribution < 1.29 is 111 Å². The Kier molecular flexibility index (Phi) is 19.0. The predicted octanol–water partition coefficient (Wildman–Crippen LogP) is 9.00. The van der Waals surface area contributed by atoms with E-state index in [0.29, 0.717) is 24.3 Å². The summed E-state index contributed by atoms with van der Waals surface area (Å²) >= 11 is 0. The van der Waals surface area contributed by atoms with Gasteiger partial charge >= 0.3 is 0 Å². The Labute approximate surface area is 488 Å². The molecule has 8 bridgehead atoms. The molecular weight excluding hydrogens is 1230 g/mol. The van der Waals surface area contributed by atoms with Gasteiger partial charge in [-0.05, 0) is 55.0 Å². The minimum Gasteiger partial charge on any atom is -0.394 e. The van der Waals surface area contributed by atoms with Crippen LogP contribution in [0.1, 0.15) is 29.2 Å². The van der Waals surface area contributed by atoms with Crippen LogP contribution in [0.15, 0.2) is 24.3 Å². The molecule has 0 radical (unpaired) electrons. The highest BCUT2D eigenvalue weighted by molar-refractivity contribution is 6.01. The summed E-state index contributed by atoms with van der Waals surface area (Å²) < 4.78 is 265. The van der Waals surface area contributed by atoms with E-state index in [1.54, 1.807) is 0 Å². The average molecular weight is 1270 g/mol.